The minimum Gasteiger partial charge on any atom is -0.479 e. The lowest BCUT2D eigenvalue weighted by molar-refractivity contribution is -0.159. The van der Waals surface area contributed by atoms with Crippen molar-refractivity contribution in [2.24, 2.45) is 33.7 Å². The molecule has 0 saturated heterocycles. The Bertz CT molecular complexity index is 774. The monoisotopic (exact) mass is 417 g/mol. The lowest BCUT2D eigenvalue weighted by Gasteiger charge is -2.58. The molecule has 0 amide bonds. The van der Waals surface area contributed by atoms with Crippen molar-refractivity contribution in [3.63, 3.8) is 0 Å². The zero-order valence-corrected chi connectivity index (χ0v) is 18.5. The molecule has 0 heterocycles. The van der Waals surface area contributed by atoms with Gasteiger partial charge in [-0.25, -0.2) is 4.79 Å². The molecular weight excluding hydrogens is 382 g/mol. The van der Waals surface area contributed by atoms with E-state index < -0.39 is 12.6 Å². The Balaban J connectivity index is 1.51. The highest BCUT2D eigenvalue weighted by molar-refractivity contribution is 5.96. The van der Waals surface area contributed by atoms with Crippen LogP contribution in [0, 0.1) is 28.6 Å². The van der Waals surface area contributed by atoms with Crippen LogP contribution in [-0.2, 0) is 19.2 Å². The van der Waals surface area contributed by atoms with Crippen molar-refractivity contribution in [1.29, 1.82) is 0 Å². The fourth-order valence-corrected chi connectivity index (χ4v) is 7.20. The van der Waals surface area contributed by atoms with E-state index in [4.69, 9.17) is 14.7 Å². The smallest absolute Gasteiger partial charge is 0.344 e. The summed E-state index contributed by atoms with van der Waals surface area (Å²) < 4.78 is 5.89. The molecule has 4 rings (SSSR count). The predicted octanol–water partition coefficient (Wildman–Crippen LogP) is 4.73. The van der Waals surface area contributed by atoms with Crippen LogP contribution in [0.1, 0.15) is 78.6 Å². The molecule has 166 valence electrons. The van der Waals surface area contributed by atoms with Gasteiger partial charge in [0.2, 0.25) is 6.61 Å². The number of rotatable bonds is 5. The first-order valence-corrected chi connectivity index (χ1v) is 11.6. The van der Waals surface area contributed by atoms with Crippen molar-refractivity contribution in [2.45, 2.75) is 84.7 Å². The van der Waals surface area contributed by atoms with Gasteiger partial charge in [0.25, 0.3) is 0 Å². The fraction of sp³-hybridized carbons (Fsp3) is 0.792. The van der Waals surface area contributed by atoms with Crippen LogP contribution < -0.4 is 0 Å². The quantitative estimate of drug-likeness (QED) is 0.516. The van der Waals surface area contributed by atoms with Crippen LogP contribution >= 0.6 is 0 Å². The van der Waals surface area contributed by atoms with Crippen molar-refractivity contribution in [2.75, 3.05) is 6.61 Å². The van der Waals surface area contributed by atoms with Gasteiger partial charge in [-0.1, -0.05) is 31.5 Å². The van der Waals surface area contributed by atoms with E-state index in [-0.39, 0.29) is 22.9 Å². The van der Waals surface area contributed by atoms with Gasteiger partial charge in [0.1, 0.15) is 6.10 Å². The molecule has 4 aliphatic rings. The molecule has 0 aromatic carbocycles. The van der Waals surface area contributed by atoms with Crippen molar-refractivity contribution in [3.05, 3.63) is 11.6 Å². The predicted molar refractivity (Wildman–Crippen MR) is 113 cm³/mol. The number of carbonyl (C=O) groups excluding carboxylic acids is 1. The molecule has 6 atom stereocenters. The molecular formula is C24H35NO5. The zero-order chi connectivity index (χ0) is 21.5. The van der Waals surface area contributed by atoms with Crippen molar-refractivity contribution in [1.82, 2.24) is 0 Å². The summed E-state index contributed by atoms with van der Waals surface area (Å²) in [5.41, 5.74) is 2.64. The number of oxime groups is 1. The lowest BCUT2D eigenvalue weighted by atomic mass is 9.47. The highest BCUT2D eigenvalue weighted by Crippen LogP contribution is 2.65. The van der Waals surface area contributed by atoms with Crippen LogP contribution in [0.3, 0.4) is 0 Å². The summed E-state index contributed by atoms with van der Waals surface area (Å²) in [6.07, 6.45) is 11.3. The first-order valence-electron chi connectivity index (χ1n) is 11.6. The zero-order valence-electron chi connectivity index (χ0n) is 18.5. The Labute approximate surface area is 179 Å². The molecule has 0 bridgehead atoms. The maximum absolute atomic E-state index is 12.0. The number of nitrogens with zero attached hydrogens (tertiary/aromatic N) is 1. The number of hydrogen-bond acceptors (Lipinski definition) is 5. The van der Waals surface area contributed by atoms with Crippen LogP contribution in [-0.4, -0.2) is 35.5 Å². The van der Waals surface area contributed by atoms with Gasteiger partial charge in [-0.3, -0.25) is 4.79 Å². The summed E-state index contributed by atoms with van der Waals surface area (Å²) in [5, 5.41) is 12.8. The largest absolute Gasteiger partial charge is 0.479 e. The summed E-state index contributed by atoms with van der Waals surface area (Å²) in [6.45, 7) is 6.28. The van der Waals surface area contributed by atoms with E-state index in [0.29, 0.717) is 24.2 Å². The summed E-state index contributed by atoms with van der Waals surface area (Å²) in [4.78, 5) is 27.6. The molecule has 3 saturated carbocycles. The van der Waals surface area contributed by atoms with E-state index in [9.17, 15) is 9.59 Å². The third-order valence-corrected chi connectivity index (χ3v) is 8.82. The SMILES string of the molecule is CCC(=O)OC1CCC2C3CCC4=CC(=NOCC(=O)O)CCC4(C)C3CCC12C. The average molecular weight is 418 g/mol. The number of fused-ring (bicyclic) bond motifs is 5. The molecule has 6 unspecified atom stereocenters. The Kier molecular flexibility index (Phi) is 5.71. The summed E-state index contributed by atoms with van der Waals surface area (Å²) in [7, 11) is 0. The van der Waals surface area contributed by atoms with E-state index in [1.807, 2.05) is 6.92 Å². The van der Waals surface area contributed by atoms with Crippen LogP contribution in [0.4, 0.5) is 0 Å². The van der Waals surface area contributed by atoms with Gasteiger partial charge in [0.15, 0.2) is 0 Å². The third-order valence-electron chi connectivity index (χ3n) is 8.82. The fourth-order valence-electron chi connectivity index (χ4n) is 7.20. The molecule has 6 nitrogen and oxygen atoms in total. The molecule has 0 aromatic heterocycles. The molecule has 1 N–H and O–H groups in total. The summed E-state index contributed by atoms with van der Waals surface area (Å²) in [6, 6.07) is 0. The molecule has 0 aliphatic heterocycles. The topological polar surface area (TPSA) is 85.2 Å². The normalized spacial score (nSPS) is 41.3. The average Bonchev–Trinajstić information content (AvgIpc) is 3.04. The van der Waals surface area contributed by atoms with E-state index >= 15 is 0 Å². The highest BCUT2D eigenvalue weighted by atomic mass is 16.6. The van der Waals surface area contributed by atoms with Gasteiger partial charge in [0, 0.05) is 11.8 Å². The molecule has 4 aliphatic carbocycles. The Morgan fingerprint density at radius 2 is 1.93 bits per heavy atom. The van der Waals surface area contributed by atoms with Crippen molar-refractivity contribution >= 4 is 17.7 Å². The number of aliphatic carboxylic acids is 1. The minimum absolute atomic E-state index is 0.0611. The molecule has 0 aromatic rings. The maximum atomic E-state index is 12.0. The van der Waals surface area contributed by atoms with Crippen molar-refractivity contribution in [3.8, 4) is 0 Å². The van der Waals surface area contributed by atoms with E-state index in [1.165, 1.54) is 24.8 Å². The number of hydrogen-bond donors (Lipinski definition) is 1. The van der Waals surface area contributed by atoms with Gasteiger partial charge in [-0.05, 0) is 80.6 Å². The number of ether oxygens (including phenoxy) is 1. The van der Waals surface area contributed by atoms with Gasteiger partial charge in [-0.15, -0.1) is 0 Å². The molecule has 0 radical (unpaired) electrons. The maximum Gasteiger partial charge on any atom is 0.344 e. The van der Waals surface area contributed by atoms with Crippen LogP contribution in [0.5, 0.6) is 0 Å². The van der Waals surface area contributed by atoms with Crippen LogP contribution in [0.15, 0.2) is 16.8 Å². The summed E-state index contributed by atoms with van der Waals surface area (Å²) in [5.74, 6) is 0.931. The number of allylic oxidation sites excluding steroid dienone is 2. The minimum atomic E-state index is -1.00. The van der Waals surface area contributed by atoms with Crippen LogP contribution in [0.25, 0.3) is 0 Å². The number of carboxylic acids is 1. The van der Waals surface area contributed by atoms with Crippen molar-refractivity contribution < 1.29 is 24.3 Å². The van der Waals surface area contributed by atoms with E-state index in [2.05, 4.69) is 25.1 Å². The van der Waals surface area contributed by atoms with Gasteiger partial charge >= 0.3 is 11.9 Å². The summed E-state index contributed by atoms with van der Waals surface area (Å²) >= 11 is 0. The third kappa shape index (κ3) is 3.56. The second-order valence-electron chi connectivity index (χ2n) is 10.2. The van der Waals surface area contributed by atoms with Gasteiger partial charge < -0.3 is 14.7 Å². The van der Waals surface area contributed by atoms with E-state index in [0.717, 1.165) is 37.8 Å². The van der Waals surface area contributed by atoms with Crippen LogP contribution in [0.2, 0.25) is 0 Å². The second kappa shape index (κ2) is 8.01. The standard InChI is InChI=1S/C24H35NO5/c1-4-22(28)30-20-8-7-18-17-6-5-15-13-16(25-29-14-21(26)27)9-11-23(15,2)19(17)10-12-24(18,20)3/h13,17-20H,4-12,14H2,1-3H3,(H,26,27). The first kappa shape index (κ1) is 21.4. The Hall–Kier alpha value is -1.85. The number of esters is 1. The molecule has 0 spiro atoms. The first-order chi connectivity index (χ1) is 14.3. The Morgan fingerprint density at radius 1 is 1.13 bits per heavy atom. The van der Waals surface area contributed by atoms with Gasteiger partial charge in [-0.2, -0.15) is 0 Å². The highest BCUT2D eigenvalue weighted by Gasteiger charge is 2.59. The molecule has 3 fully saturated rings. The lowest BCUT2D eigenvalue weighted by Crippen LogP contribution is -2.51. The van der Waals surface area contributed by atoms with Gasteiger partial charge in [0.05, 0.1) is 5.71 Å². The molecule has 30 heavy (non-hydrogen) atoms. The second-order valence-corrected chi connectivity index (χ2v) is 10.2. The Morgan fingerprint density at radius 3 is 2.67 bits per heavy atom. The van der Waals surface area contributed by atoms with E-state index in [1.54, 1.807) is 0 Å². The number of carboxylic acid groups (broad SMARTS) is 1. The number of carbonyl (C=O) groups is 2. The molecule has 6 heteroatoms.